The van der Waals surface area contributed by atoms with Crippen LogP contribution in [0.4, 0.5) is 5.13 Å². The first-order valence-corrected chi connectivity index (χ1v) is 8.44. The number of benzene rings is 1. The van der Waals surface area contributed by atoms with Gasteiger partial charge < -0.3 is 5.73 Å². The van der Waals surface area contributed by atoms with Crippen molar-refractivity contribution in [1.29, 1.82) is 0 Å². The monoisotopic (exact) mass is 392 g/mol. The van der Waals surface area contributed by atoms with Gasteiger partial charge in [0.25, 0.3) is 0 Å². The molecule has 0 bridgehead atoms. The van der Waals surface area contributed by atoms with Crippen molar-refractivity contribution >= 4 is 55.6 Å². The molecule has 0 aliphatic rings. The summed E-state index contributed by atoms with van der Waals surface area (Å²) in [7, 11) is 0. The van der Waals surface area contributed by atoms with Crippen LogP contribution in [0.2, 0.25) is 10.0 Å². The van der Waals surface area contributed by atoms with Crippen molar-refractivity contribution in [3.05, 3.63) is 42.8 Å². The van der Waals surface area contributed by atoms with Gasteiger partial charge in [-0.3, -0.25) is 0 Å². The van der Waals surface area contributed by atoms with Gasteiger partial charge in [0, 0.05) is 21.2 Å². The van der Waals surface area contributed by atoms with E-state index in [4.69, 9.17) is 28.9 Å². The van der Waals surface area contributed by atoms with Crippen molar-refractivity contribution in [2.45, 2.75) is 32.6 Å². The molecule has 0 radical (unpaired) electrons. The first-order chi connectivity index (χ1) is 9.20. The van der Waals surface area contributed by atoms with Crippen LogP contribution in [0, 0.1) is 0 Å². The van der Waals surface area contributed by atoms with Crippen LogP contribution in [0.1, 0.15) is 36.9 Å². The fraction of sp³-hybridized carbons (Fsp3) is 0.357. The van der Waals surface area contributed by atoms with Crippen molar-refractivity contribution in [2.75, 3.05) is 5.73 Å². The highest BCUT2D eigenvalue weighted by atomic mass is 79.9. The van der Waals surface area contributed by atoms with Gasteiger partial charge >= 0.3 is 0 Å². The lowest BCUT2D eigenvalue weighted by molar-refractivity contribution is 0.568. The molecular weight excluding hydrogens is 379 g/mol. The van der Waals surface area contributed by atoms with Crippen LogP contribution in [-0.2, 0) is 11.8 Å². The van der Waals surface area contributed by atoms with E-state index in [0.29, 0.717) is 21.6 Å². The third kappa shape index (κ3) is 3.30. The zero-order valence-electron chi connectivity index (χ0n) is 11.4. The van der Waals surface area contributed by atoms with Crippen LogP contribution >= 0.6 is 50.5 Å². The molecule has 0 unspecified atom stereocenters. The van der Waals surface area contributed by atoms with Crippen molar-refractivity contribution < 1.29 is 0 Å². The maximum Gasteiger partial charge on any atom is 0.180 e. The molecule has 0 fully saturated rings. The highest BCUT2D eigenvalue weighted by Gasteiger charge is 2.23. The molecule has 2 aromatic rings. The number of aromatic nitrogens is 1. The molecule has 1 aromatic carbocycles. The number of anilines is 1. The second kappa shape index (κ2) is 5.84. The quantitative estimate of drug-likeness (QED) is 0.666. The summed E-state index contributed by atoms with van der Waals surface area (Å²) in [6.07, 6.45) is 0.688. The van der Waals surface area contributed by atoms with Gasteiger partial charge in [0.05, 0.1) is 15.7 Å². The summed E-state index contributed by atoms with van der Waals surface area (Å²) in [6.45, 7) is 6.38. The second-order valence-electron chi connectivity index (χ2n) is 5.59. The van der Waals surface area contributed by atoms with Crippen LogP contribution in [0.5, 0.6) is 0 Å². The third-order valence-electron chi connectivity index (χ3n) is 2.89. The van der Waals surface area contributed by atoms with Gasteiger partial charge in [0.15, 0.2) is 5.13 Å². The minimum absolute atomic E-state index is 0.0465. The predicted octanol–water partition coefficient (Wildman–Crippen LogP) is 5.68. The van der Waals surface area contributed by atoms with E-state index in [9.17, 15) is 0 Å². The van der Waals surface area contributed by atoms with Gasteiger partial charge in [0.1, 0.15) is 0 Å². The van der Waals surface area contributed by atoms with Crippen LogP contribution < -0.4 is 5.73 Å². The lowest BCUT2D eigenvalue weighted by Gasteiger charge is -2.18. The number of hydrogen-bond donors (Lipinski definition) is 1. The topological polar surface area (TPSA) is 38.9 Å². The van der Waals surface area contributed by atoms with Gasteiger partial charge in [-0.25, -0.2) is 4.98 Å². The Kier molecular flexibility index (Phi) is 4.69. The molecule has 0 saturated carbocycles. The average Bonchev–Trinajstić information content (AvgIpc) is 2.71. The Morgan fingerprint density at radius 3 is 2.50 bits per heavy atom. The molecule has 0 atom stereocenters. The summed E-state index contributed by atoms with van der Waals surface area (Å²) < 4.78 is 0.799. The minimum Gasteiger partial charge on any atom is -0.375 e. The van der Waals surface area contributed by atoms with Gasteiger partial charge in [-0.2, -0.15) is 0 Å². The fourth-order valence-electron chi connectivity index (χ4n) is 1.95. The molecule has 1 aromatic heterocycles. The molecular formula is C14H15BrCl2N2S. The molecule has 0 saturated heterocycles. The first-order valence-electron chi connectivity index (χ1n) is 6.08. The average molecular weight is 394 g/mol. The van der Waals surface area contributed by atoms with E-state index < -0.39 is 0 Å². The van der Waals surface area contributed by atoms with Crippen LogP contribution in [0.15, 0.2) is 16.6 Å². The third-order valence-corrected chi connectivity index (χ3v) is 5.59. The van der Waals surface area contributed by atoms with Gasteiger partial charge in [-0.1, -0.05) is 50.0 Å². The van der Waals surface area contributed by atoms with E-state index in [1.807, 2.05) is 12.1 Å². The van der Waals surface area contributed by atoms with Crippen molar-refractivity contribution in [3.63, 3.8) is 0 Å². The lowest BCUT2D eigenvalue weighted by Crippen LogP contribution is -2.14. The molecule has 2 nitrogen and oxygen atoms in total. The number of hydrogen-bond acceptors (Lipinski definition) is 3. The summed E-state index contributed by atoms with van der Waals surface area (Å²) in [5, 5.41) is 1.70. The molecule has 0 aliphatic heterocycles. The Hall–Kier alpha value is -0.290. The number of thiazole rings is 1. The Bertz CT molecular complexity index is 647. The summed E-state index contributed by atoms with van der Waals surface area (Å²) in [6, 6.07) is 3.88. The van der Waals surface area contributed by atoms with Gasteiger partial charge in [-0.05, 0) is 27.6 Å². The number of halogens is 3. The Labute approximate surface area is 141 Å². The molecule has 1 heterocycles. The SMILES string of the molecule is CC(C)(C)c1nc(N)sc1Cc1ccc(Br)c(Cl)c1Cl. The summed E-state index contributed by atoms with van der Waals surface area (Å²) in [4.78, 5) is 5.59. The molecule has 6 heteroatoms. The number of nitrogens with two attached hydrogens (primary N) is 1. The van der Waals surface area contributed by atoms with E-state index in [0.717, 1.165) is 20.6 Å². The Balaban J connectivity index is 2.43. The van der Waals surface area contributed by atoms with Crippen molar-refractivity contribution in [2.24, 2.45) is 0 Å². The van der Waals surface area contributed by atoms with Gasteiger partial charge in [-0.15, -0.1) is 11.3 Å². The normalized spacial score (nSPS) is 11.9. The highest BCUT2D eigenvalue weighted by molar-refractivity contribution is 9.10. The van der Waals surface area contributed by atoms with E-state index in [1.54, 1.807) is 0 Å². The molecule has 20 heavy (non-hydrogen) atoms. The Morgan fingerprint density at radius 1 is 1.25 bits per heavy atom. The van der Waals surface area contributed by atoms with Crippen LogP contribution in [-0.4, -0.2) is 4.98 Å². The summed E-state index contributed by atoms with van der Waals surface area (Å²) in [5.41, 5.74) is 7.82. The zero-order valence-corrected chi connectivity index (χ0v) is 15.3. The lowest BCUT2D eigenvalue weighted by atomic mass is 9.90. The fourth-order valence-corrected chi connectivity index (χ4v) is 3.88. The van der Waals surface area contributed by atoms with E-state index in [1.165, 1.54) is 11.3 Å². The van der Waals surface area contributed by atoms with Crippen LogP contribution in [0.3, 0.4) is 0 Å². The second-order valence-corrected chi connectivity index (χ2v) is 8.31. The van der Waals surface area contributed by atoms with Crippen LogP contribution in [0.25, 0.3) is 0 Å². The molecule has 0 spiro atoms. The Morgan fingerprint density at radius 2 is 1.90 bits per heavy atom. The molecule has 2 rings (SSSR count). The number of nitrogens with zero attached hydrogens (tertiary/aromatic N) is 1. The predicted molar refractivity (Wildman–Crippen MR) is 92.2 cm³/mol. The molecule has 0 aliphatic carbocycles. The van der Waals surface area contributed by atoms with E-state index >= 15 is 0 Å². The molecule has 0 amide bonds. The molecule has 108 valence electrons. The van der Waals surface area contributed by atoms with Crippen molar-refractivity contribution in [1.82, 2.24) is 4.98 Å². The smallest absolute Gasteiger partial charge is 0.180 e. The van der Waals surface area contributed by atoms with E-state index in [2.05, 4.69) is 41.7 Å². The minimum atomic E-state index is -0.0465. The first kappa shape index (κ1) is 16.1. The largest absolute Gasteiger partial charge is 0.375 e. The van der Waals surface area contributed by atoms with Crippen molar-refractivity contribution in [3.8, 4) is 0 Å². The molecule has 2 N–H and O–H groups in total. The zero-order chi connectivity index (χ0) is 15.1. The number of nitrogen functional groups attached to an aromatic ring is 1. The van der Waals surface area contributed by atoms with E-state index in [-0.39, 0.29) is 5.41 Å². The summed E-state index contributed by atoms with van der Waals surface area (Å²) >= 11 is 17.4. The van der Waals surface area contributed by atoms with Gasteiger partial charge in [0.2, 0.25) is 0 Å². The maximum atomic E-state index is 6.31. The summed E-state index contributed by atoms with van der Waals surface area (Å²) in [5.74, 6) is 0. The number of rotatable bonds is 2. The maximum absolute atomic E-state index is 6.31. The highest BCUT2D eigenvalue weighted by Crippen LogP contribution is 2.37. The standard InChI is InChI=1S/C14H15BrCl2N2S/c1-14(2,3)12-9(20-13(18)19-12)6-7-4-5-8(15)11(17)10(7)16/h4-5H,6H2,1-3H3,(H2,18,19).